The second-order valence-corrected chi connectivity index (χ2v) is 3.83. The molecular formula is C10H17N5O3. The standard InChI is InChI=1S/C10H17N5O3/c1-2-18-8(16)7-15-9(11)12-10(13-15)14-3-5-17-6-4-14/h2-7H2,1H3,(H2,11,12,13). The SMILES string of the molecule is CCOC(=O)Cn1nc(N2CCOCC2)nc1N. The van der Waals surface area contributed by atoms with Crippen LogP contribution < -0.4 is 10.6 Å². The maximum atomic E-state index is 11.4. The molecule has 0 spiro atoms. The van der Waals surface area contributed by atoms with Gasteiger partial charge in [-0.1, -0.05) is 0 Å². The molecule has 2 heterocycles. The summed E-state index contributed by atoms with van der Waals surface area (Å²) in [5.41, 5.74) is 5.72. The topological polar surface area (TPSA) is 95.5 Å². The van der Waals surface area contributed by atoms with E-state index in [-0.39, 0.29) is 18.5 Å². The molecule has 1 aliphatic rings. The molecule has 18 heavy (non-hydrogen) atoms. The van der Waals surface area contributed by atoms with Crippen molar-refractivity contribution in [2.24, 2.45) is 0 Å². The second-order valence-electron chi connectivity index (χ2n) is 3.83. The molecule has 8 heteroatoms. The van der Waals surface area contributed by atoms with Crippen molar-refractivity contribution in [3.05, 3.63) is 0 Å². The van der Waals surface area contributed by atoms with Crippen LogP contribution in [0, 0.1) is 0 Å². The van der Waals surface area contributed by atoms with E-state index in [1.807, 2.05) is 4.90 Å². The van der Waals surface area contributed by atoms with Crippen LogP contribution in [0.15, 0.2) is 0 Å². The molecule has 1 aliphatic heterocycles. The largest absolute Gasteiger partial charge is 0.465 e. The van der Waals surface area contributed by atoms with Crippen molar-refractivity contribution in [1.29, 1.82) is 0 Å². The number of nitrogen functional groups attached to an aromatic ring is 1. The van der Waals surface area contributed by atoms with Gasteiger partial charge in [0.05, 0.1) is 19.8 Å². The highest BCUT2D eigenvalue weighted by Gasteiger charge is 2.18. The van der Waals surface area contributed by atoms with Crippen LogP contribution in [-0.4, -0.2) is 53.6 Å². The Labute approximate surface area is 105 Å². The summed E-state index contributed by atoms with van der Waals surface area (Å²) in [6.07, 6.45) is 0. The van der Waals surface area contributed by atoms with E-state index in [0.717, 1.165) is 13.1 Å². The molecular weight excluding hydrogens is 238 g/mol. The van der Waals surface area contributed by atoms with E-state index in [1.165, 1.54) is 4.68 Å². The van der Waals surface area contributed by atoms with E-state index >= 15 is 0 Å². The van der Waals surface area contributed by atoms with Crippen LogP contribution in [-0.2, 0) is 20.8 Å². The lowest BCUT2D eigenvalue weighted by Gasteiger charge is -2.25. The molecule has 0 atom stereocenters. The van der Waals surface area contributed by atoms with Crippen LogP contribution in [0.25, 0.3) is 0 Å². The first-order chi connectivity index (χ1) is 8.70. The number of hydrogen-bond donors (Lipinski definition) is 1. The number of rotatable bonds is 4. The number of esters is 1. The fraction of sp³-hybridized carbons (Fsp3) is 0.700. The quantitative estimate of drug-likeness (QED) is 0.708. The summed E-state index contributed by atoms with van der Waals surface area (Å²) in [6, 6.07) is 0. The Balaban J connectivity index is 2.03. The Morgan fingerprint density at radius 2 is 2.22 bits per heavy atom. The average Bonchev–Trinajstić information content (AvgIpc) is 2.72. The first-order valence-corrected chi connectivity index (χ1v) is 5.89. The summed E-state index contributed by atoms with van der Waals surface area (Å²) >= 11 is 0. The lowest BCUT2D eigenvalue weighted by molar-refractivity contribution is -0.144. The highest BCUT2D eigenvalue weighted by Crippen LogP contribution is 2.12. The van der Waals surface area contributed by atoms with Gasteiger partial charge in [-0.3, -0.25) is 4.79 Å². The minimum atomic E-state index is -0.373. The zero-order valence-corrected chi connectivity index (χ0v) is 10.3. The summed E-state index contributed by atoms with van der Waals surface area (Å²) < 4.78 is 11.4. The number of ether oxygens (including phenoxy) is 2. The van der Waals surface area contributed by atoms with Crippen molar-refractivity contribution in [3.8, 4) is 0 Å². The minimum absolute atomic E-state index is 0.0169. The Morgan fingerprint density at radius 3 is 2.89 bits per heavy atom. The van der Waals surface area contributed by atoms with Crippen LogP contribution >= 0.6 is 0 Å². The molecule has 0 radical (unpaired) electrons. The molecule has 0 aliphatic carbocycles. The highest BCUT2D eigenvalue weighted by atomic mass is 16.5. The van der Waals surface area contributed by atoms with E-state index in [1.54, 1.807) is 6.92 Å². The van der Waals surface area contributed by atoms with Crippen molar-refractivity contribution < 1.29 is 14.3 Å². The zero-order valence-electron chi connectivity index (χ0n) is 10.3. The fourth-order valence-corrected chi connectivity index (χ4v) is 1.68. The normalized spacial score (nSPS) is 15.7. The smallest absolute Gasteiger partial charge is 0.327 e. The Morgan fingerprint density at radius 1 is 1.50 bits per heavy atom. The molecule has 0 unspecified atom stereocenters. The average molecular weight is 255 g/mol. The van der Waals surface area contributed by atoms with Crippen LogP contribution in [0.2, 0.25) is 0 Å². The van der Waals surface area contributed by atoms with Crippen LogP contribution in [0.3, 0.4) is 0 Å². The molecule has 100 valence electrons. The van der Waals surface area contributed by atoms with E-state index in [9.17, 15) is 4.79 Å². The molecule has 0 bridgehead atoms. The molecule has 0 aromatic carbocycles. The molecule has 2 N–H and O–H groups in total. The maximum Gasteiger partial charge on any atom is 0.327 e. The molecule has 1 saturated heterocycles. The predicted octanol–water partition coefficient (Wildman–Crippen LogP) is -0.740. The number of aromatic nitrogens is 3. The molecule has 8 nitrogen and oxygen atoms in total. The summed E-state index contributed by atoms with van der Waals surface area (Å²) in [5.74, 6) is 0.368. The number of hydrogen-bond acceptors (Lipinski definition) is 7. The molecule has 0 amide bonds. The van der Waals surface area contributed by atoms with Gasteiger partial charge < -0.3 is 20.1 Å². The molecule has 1 fully saturated rings. The molecule has 1 aromatic rings. The summed E-state index contributed by atoms with van der Waals surface area (Å²) in [6.45, 7) is 4.81. The third kappa shape index (κ3) is 2.89. The lowest BCUT2D eigenvalue weighted by Crippen LogP contribution is -2.37. The predicted molar refractivity (Wildman–Crippen MR) is 64.1 cm³/mol. The van der Waals surface area contributed by atoms with Crippen LogP contribution in [0.4, 0.5) is 11.9 Å². The number of anilines is 2. The van der Waals surface area contributed by atoms with E-state index in [4.69, 9.17) is 15.2 Å². The van der Waals surface area contributed by atoms with Crippen molar-refractivity contribution in [1.82, 2.24) is 14.8 Å². The van der Waals surface area contributed by atoms with Gasteiger partial charge in [-0.2, -0.15) is 4.98 Å². The van der Waals surface area contributed by atoms with Gasteiger partial charge >= 0.3 is 5.97 Å². The van der Waals surface area contributed by atoms with Crippen LogP contribution in [0.5, 0.6) is 0 Å². The van der Waals surface area contributed by atoms with E-state index < -0.39 is 0 Å². The van der Waals surface area contributed by atoms with Gasteiger partial charge in [0.2, 0.25) is 11.9 Å². The third-order valence-corrected chi connectivity index (χ3v) is 2.57. The van der Waals surface area contributed by atoms with E-state index in [0.29, 0.717) is 25.8 Å². The van der Waals surface area contributed by atoms with Gasteiger partial charge in [0.25, 0.3) is 0 Å². The Hall–Kier alpha value is -1.83. The minimum Gasteiger partial charge on any atom is -0.465 e. The molecule has 1 aromatic heterocycles. The first kappa shape index (κ1) is 12.6. The number of nitrogens with zero attached hydrogens (tertiary/aromatic N) is 4. The third-order valence-electron chi connectivity index (χ3n) is 2.57. The Kier molecular flexibility index (Phi) is 3.98. The number of morpholine rings is 1. The summed E-state index contributed by atoms with van der Waals surface area (Å²) in [5, 5.41) is 4.21. The Bertz CT molecular complexity index is 414. The maximum absolute atomic E-state index is 11.4. The van der Waals surface area contributed by atoms with Gasteiger partial charge in [-0.25, -0.2) is 4.68 Å². The highest BCUT2D eigenvalue weighted by molar-refractivity contribution is 5.69. The molecule has 2 rings (SSSR count). The van der Waals surface area contributed by atoms with Gasteiger partial charge in [0.15, 0.2) is 0 Å². The monoisotopic (exact) mass is 255 g/mol. The molecule has 0 saturated carbocycles. The zero-order chi connectivity index (χ0) is 13.0. The fourth-order valence-electron chi connectivity index (χ4n) is 1.68. The van der Waals surface area contributed by atoms with Gasteiger partial charge in [0, 0.05) is 13.1 Å². The number of carbonyl (C=O) groups excluding carboxylic acids is 1. The van der Waals surface area contributed by atoms with Crippen molar-refractivity contribution >= 4 is 17.9 Å². The van der Waals surface area contributed by atoms with Crippen molar-refractivity contribution in [3.63, 3.8) is 0 Å². The van der Waals surface area contributed by atoms with Crippen molar-refractivity contribution in [2.75, 3.05) is 43.5 Å². The van der Waals surface area contributed by atoms with Gasteiger partial charge in [-0.05, 0) is 6.92 Å². The van der Waals surface area contributed by atoms with Crippen LogP contribution in [0.1, 0.15) is 6.92 Å². The number of nitrogens with two attached hydrogens (primary N) is 1. The lowest BCUT2D eigenvalue weighted by atomic mass is 10.4. The van der Waals surface area contributed by atoms with Gasteiger partial charge in [-0.15, -0.1) is 5.10 Å². The summed E-state index contributed by atoms with van der Waals surface area (Å²) in [4.78, 5) is 17.5. The second kappa shape index (κ2) is 5.67. The van der Waals surface area contributed by atoms with E-state index in [2.05, 4.69) is 10.1 Å². The first-order valence-electron chi connectivity index (χ1n) is 5.89. The van der Waals surface area contributed by atoms with Crippen molar-refractivity contribution in [2.45, 2.75) is 13.5 Å². The summed E-state index contributed by atoms with van der Waals surface area (Å²) in [7, 11) is 0. The number of carbonyl (C=O) groups is 1. The van der Waals surface area contributed by atoms with Gasteiger partial charge in [0.1, 0.15) is 6.54 Å².